The normalized spacial score (nSPS) is 27.9. The van der Waals surface area contributed by atoms with Crippen LogP contribution in [0.4, 0.5) is 0 Å². The lowest BCUT2D eigenvalue weighted by molar-refractivity contribution is -0.144. The molecule has 0 atom stereocenters. The van der Waals surface area contributed by atoms with Crippen LogP contribution in [0.3, 0.4) is 0 Å². The van der Waals surface area contributed by atoms with Crippen LogP contribution < -0.4 is 0 Å². The minimum atomic E-state index is -0.770. The SMILES string of the molecule is O=C(O)C1CCC(O)(CSc2cnccn2)CC1. The van der Waals surface area contributed by atoms with Gasteiger partial charge >= 0.3 is 5.97 Å². The molecule has 1 heterocycles. The largest absolute Gasteiger partial charge is 0.481 e. The van der Waals surface area contributed by atoms with Gasteiger partial charge in [0.1, 0.15) is 5.03 Å². The molecule has 1 aliphatic carbocycles. The van der Waals surface area contributed by atoms with Crippen LogP contribution in [0.2, 0.25) is 0 Å². The summed E-state index contributed by atoms with van der Waals surface area (Å²) in [6.07, 6.45) is 7.07. The molecule has 0 spiro atoms. The molecule has 0 amide bonds. The van der Waals surface area contributed by atoms with Gasteiger partial charge in [-0.25, -0.2) is 4.98 Å². The maximum absolute atomic E-state index is 10.8. The van der Waals surface area contributed by atoms with Crippen LogP contribution in [0, 0.1) is 5.92 Å². The highest BCUT2D eigenvalue weighted by Crippen LogP contribution is 2.35. The van der Waals surface area contributed by atoms with Crippen molar-refractivity contribution in [2.75, 3.05) is 5.75 Å². The monoisotopic (exact) mass is 268 g/mol. The molecule has 0 aromatic carbocycles. The Morgan fingerprint density at radius 1 is 1.44 bits per heavy atom. The van der Waals surface area contributed by atoms with Crippen LogP contribution >= 0.6 is 11.8 Å². The quantitative estimate of drug-likeness (QED) is 0.807. The van der Waals surface area contributed by atoms with Gasteiger partial charge in [0, 0.05) is 18.1 Å². The summed E-state index contributed by atoms with van der Waals surface area (Å²) in [5, 5.41) is 20.1. The van der Waals surface area contributed by atoms with E-state index in [2.05, 4.69) is 9.97 Å². The highest BCUT2D eigenvalue weighted by molar-refractivity contribution is 7.99. The first-order valence-corrected chi connectivity index (χ1v) is 6.92. The van der Waals surface area contributed by atoms with Crippen molar-refractivity contribution in [2.45, 2.75) is 36.3 Å². The van der Waals surface area contributed by atoms with Crippen molar-refractivity contribution in [1.29, 1.82) is 0 Å². The lowest BCUT2D eigenvalue weighted by Gasteiger charge is -2.34. The van der Waals surface area contributed by atoms with E-state index in [-0.39, 0.29) is 5.92 Å². The summed E-state index contributed by atoms with van der Waals surface area (Å²) in [5.41, 5.74) is -0.770. The standard InChI is InChI=1S/C12H16N2O3S/c15-11(16)9-1-3-12(17,4-2-9)8-18-10-7-13-5-6-14-10/h5-7,9,17H,1-4,8H2,(H,15,16). The number of aliphatic hydroxyl groups is 1. The van der Waals surface area contributed by atoms with Crippen LogP contribution in [0.25, 0.3) is 0 Å². The number of aliphatic carboxylic acids is 1. The molecule has 2 N–H and O–H groups in total. The summed E-state index contributed by atoms with van der Waals surface area (Å²) >= 11 is 1.46. The molecule has 0 saturated heterocycles. The number of carboxylic acid groups (broad SMARTS) is 1. The summed E-state index contributed by atoms with van der Waals surface area (Å²) < 4.78 is 0. The average molecular weight is 268 g/mol. The van der Waals surface area contributed by atoms with Gasteiger partial charge in [0.05, 0.1) is 17.7 Å². The number of carboxylic acids is 1. The third-order valence-electron chi connectivity index (χ3n) is 3.29. The average Bonchev–Trinajstić information content (AvgIpc) is 2.38. The van der Waals surface area contributed by atoms with Crippen molar-refractivity contribution in [3.05, 3.63) is 18.6 Å². The van der Waals surface area contributed by atoms with Crippen LogP contribution in [-0.2, 0) is 4.79 Å². The first-order valence-electron chi connectivity index (χ1n) is 5.93. The van der Waals surface area contributed by atoms with E-state index in [9.17, 15) is 9.90 Å². The van der Waals surface area contributed by atoms with E-state index in [1.165, 1.54) is 11.8 Å². The van der Waals surface area contributed by atoms with Gasteiger partial charge in [0.2, 0.25) is 0 Å². The molecule has 0 unspecified atom stereocenters. The number of nitrogens with zero attached hydrogens (tertiary/aromatic N) is 2. The predicted octanol–water partition coefficient (Wildman–Crippen LogP) is 1.57. The second kappa shape index (κ2) is 5.67. The number of hydrogen-bond donors (Lipinski definition) is 2. The highest BCUT2D eigenvalue weighted by atomic mass is 32.2. The Bertz CT molecular complexity index is 405. The molecule has 98 valence electrons. The van der Waals surface area contributed by atoms with Crippen molar-refractivity contribution in [3.8, 4) is 0 Å². The number of hydrogen-bond acceptors (Lipinski definition) is 5. The Morgan fingerprint density at radius 3 is 2.72 bits per heavy atom. The molecule has 1 fully saturated rings. The molecule has 1 saturated carbocycles. The summed E-state index contributed by atoms with van der Waals surface area (Å²) in [6, 6.07) is 0. The van der Waals surface area contributed by atoms with Gasteiger partial charge in [0.25, 0.3) is 0 Å². The van der Waals surface area contributed by atoms with Crippen molar-refractivity contribution < 1.29 is 15.0 Å². The second-order valence-electron chi connectivity index (χ2n) is 4.67. The van der Waals surface area contributed by atoms with E-state index in [4.69, 9.17) is 5.11 Å². The first-order chi connectivity index (χ1) is 8.59. The molecule has 0 bridgehead atoms. The number of carbonyl (C=O) groups is 1. The van der Waals surface area contributed by atoms with Crippen LogP contribution in [0.5, 0.6) is 0 Å². The molecule has 18 heavy (non-hydrogen) atoms. The van der Waals surface area contributed by atoms with Gasteiger partial charge < -0.3 is 10.2 Å². The van der Waals surface area contributed by atoms with Crippen LogP contribution in [-0.4, -0.2) is 37.5 Å². The Balaban J connectivity index is 1.85. The molecular formula is C12H16N2O3S. The summed E-state index contributed by atoms with van der Waals surface area (Å²) in [6.45, 7) is 0. The van der Waals surface area contributed by atoms with Gasteiger partial charge in [-0.15, -0.1) is 11.8 Å². The molecule has 1 aromatic heterocycles. The number of thioether (sulfide) groups is 1. The Hall–Kier alpha value is -1.14. The van der Waals surface area contributed by atoms with Gasteiger partial charge in [-0.1, -0.05) is 0 Å². The van der Waals surface area contributed by atoms with E-state index >= 15 is 0 Å². The van der Waals surface area contributed by atoms with Gasteiger partial charge in [-0.05, 0) is 25.7 Å². The fourth-order valence-electron chi connectivity index (χ4n) is 2.11. The Labute approximate surface area is 110 Å². The smallest absolute Gasteiger partial charge is 0.306 e. The maximum atomic E-state index is 10.8. The zero-order valence-electron chi connectivity index (χ0n) is 9.95. The molecule has 0 aliphatic heterocycles. The van der Waals surface area contributed by atoms with E-state index in [0.717, 1.165) is 5.03 Å². The lowest BCUT2D eigenvalue weighted by Crippen LogP contribution is -2.38. The molecule has 5 nitrogen and oxygen atoms in total. The second-order valence-corrected chi connectivity index (χ2v) is 5.66. The minimum absolute atomic E-state index is 0.299. The predicted molar refractivity (Wildman–Crippen MR) is 67.3 cm³/mol. The molecular weight excluding hydrogens is 252 g/mol. The zero-order chi connectivity index (χ0) is 13.0. The van der Waals surface area contributed by atoms with Crippen LogP contribution in [0.1, 0.15) is 25.7 Å². The molecule has 0 radical (unpaired) electrons. The third kappa shape index (κ3) is 3.43. The van der Waals surface area contributed by atoms with Gasteiger partial charge in [-0.2, -0.15) is 0 Å². The summed E-state index contributed by atoms with van der Waals surface area (Å²) in [5.74, 6) is -0.511. The number of aromatic nitrogens is 2. The van der Waals surface area contributed by atoms with E-state index in [0.29, 0.717) is 31.4 Å². The van der Waals surface area contributed by atoms with Crippen molar-refractivity contribution in [2.24, 2.45) is 5.92 Å². The van der Waals surface area contributed by atoms with Crippen molar-refractivity contribution in [3.63, 3.8) is 0 Å². The Morgan fingerprint density at radius 2 is 2.17 bits per heavy atom. The number of rotatable bonds is 4. The molecule has 1 aliphatic rings. The van der Waals surface area contributed by atoms with E-state index < -0.39 is 11.6 Å². The van der Waals surface area contributed by atoms with Crippen molar-refractivity contribution >= 4 is 17.7 Å². The van der Waals surface area contributed by atoms with E-state index in [1.807, 2.05) is 0 Å². The highest BCUT2D eigenvalue weighted by Gasteiger charge is 2.35. The molecule has 2 rings (SSSR count). The summed E-state index contributed by atoms with van der Waals surface area (Å²) in [7, 11) is 0. The van der Waals surface area contributed by atoms with Crippen molar-refractivity contribution in [1.82, 2.24) is 9.97 Å². The molecule has 1 aromatic rings. The fourth-order valence-corrected chi connectivity index (χ4v) is 3.09. The minimum Gasteiger partial charge on any atom is -0.481 e. The molecule has 6 heteroatoms. The Kier molecular flexibility index (Phi) is 4.19. The third-order valence-corrected chi connectivity index (χ3v) is 4.48. The van der Waals surface area contributed by atoms with E-state index in [1.54, 1.807) is 18.6 Å². The zero-order valence-corrected chi connectivity index (χ0v) is 10.8. The fraction of sp³-hybridized carbons (Fsp3) is 0.583. The van der Waals surface area contributed by atoms with Crippen LogP contribution in [0.15, 0.2) is 23.6 Å². The maximum Gasteiger partial charge on any atom is 0.306 e. The van der Waals surface area contributed by atoms with Gasteiger partial charge in [-0.3, -0.25) is 9.78 Å². The topological polar surface area (TPSA) is 83.3 Å². The lowest BCUT2D eigenvalue weighted by atomic mass is 9.80. The summed E-state index contributed by atoms with van der Waals surface area (Å²) in [4.78, 5) is 18.9. The van der Waals surface area contributed by atoms with Gasteiger partial charge in [0.15, 0.2) is 0 Å². The first kappa shape index (κ1) is 13.3.